The van der Waals surface area contributed by atoms with Gasteiger partial charge in [-0.05, 0) is 6.58 Å². The largest absolute Gasteiger partial charge is 0.480 e. The molecule has 0 aliphatic carbocycles. The third-order valence-corrected chi connectivity index (χ3v) is 2.66. The van der Waals surface area contributed by atoms with Gasteiger partial charge in [-0.3, -0.25) is 0 Å². The summed E-state index contributed by atoms with van der Waals surface area (Å²) in [6.07, 6.45) is -15.0. The minimum atomic E-state index is -6.61. The van der Waals surface area contributed by atoms with E-state index in [9.17, 15) is 43.9 Å². The van der Waals surface area contributed by atoms with Crippen LogP contribution in [0.5, 0.6) is 0 Å². The lowest BCUT2D eigenvalue weighted by molar-refractivity contribution is -0.443. The first-order valence-corrected chi connectivity index (χ1v) is 5.13. The van der Waals surface area contributed by atoms with Gasteiger partial charge in [-0.1, -0.05) is 0 Å². The first-order chi connectivity index (χ1) is 10.1. The first-order valence-electron chi connectivity index (χ1n) is 5.13. The molecule has 132 valence electrons. The number of hydrogen-bond acceptors (Lipinski definition) is 4. The number of alkyl halides is 8. The molecular formula is C9H2F10O4. The number of hydrogen-bond donors (Lipinski definition) is 0. The molecule has 0 amide bonds. The molecule has 2 aliphatic heterocycles. The Morgan fingerprint density at radius 3 is 1.57 bits per heavy atom. The highest BCUT2D eigenvalue weighted by molar-refractivity contribution is 5.13. The molecule has 0 aromatic rings. The Morgan fingerprint density at radius 1 is 0.783 bits per heavy atom. The van der Waals surface area contributed by atoms with Gasteiger partial charge in [0.2, 0.25) is 0 Å². The molecule has 2 heterocycles. The summed E-state index contributed by atoms with van der Waals surface area (Å²) in [7, 11) is 0. The molecular weight excluding hydrogens is 362 g/mol. The van der Waals surface area contributed by atoms with Gasteiger partial charge in [0.25, 0.3) is 5.95 Å². The van der Waals surface area contributed by atoms with Crippen LogP contribution in [0.25, 0.3) is 0 Å². The summed E-state index contributed by atoms with van der Waals surface area (Å²) in [4.78, 5) is 0. The molecule has 2 atom stereocenters. The Bertz CT molecular complexity index is 585. The van der Waals surface area contributed by atoms with Crippen molar-refractivity contribution in [2.75, 3.05) is 0 Å². The van der Waals surface area contributed by atoms with Gasteiger partial charge in [0.1, 0.15) is 0 Å². The van der Waals surface area contributed by atoms with Crippen LogP contribution in [0.1, 0.15) is 0 Å². The van der Waals surface area contributed by atoms with E-state index in [-0.39, 0.29) is 0 Å². The highest BCUT2D eigenvalue weighted by Crippen LogP contribution is 2.63. The van der Waals surface area contributed by atoms with Gasteiger partial charge in [-0.25, -0.2) is 0 Å². The van der Waals surface area contributed by atoms with Crippen molar-refractivity contribution >= 4 is 0 Å². The minimum Gasteiger partial charge on any atom is -0.414 e. The van der Waals surface area contributed by atoms with Crippen LogP contribution < -0.4 is 0 Å². The Hall–Kier alpha value is -2.02. The summed E-state index contributed by atoms with van der Waals surface area (Å²) in [5, 5.41) is 0. The molecule has 0 bridgehead atoms. The van der Waals surface area contributed by atoms with Gasteiger partial charge >= 0.3 is 41.9 Å². The Labute approximate surface area is 118 Å². The maximum absolute atomic E-state index is 13.9. The fraction of sp³-hybridized carbons (Fsp3) is 0.556. The first kappa shape index (κ1) is 17.3. The highest BCUT2D eigenvalue weighted by Gasteiger charge is 2.94. The SMILES string of the molecule is C=C1OC(F)(F)C(F)(C(F)(F)C2(F)OC(=C(F)F)OC2(F)F)O1. The van der Waals surface area contributed by atoms with Crippen LogP contribution in [0.3, 0.4) is 0 Å². The third-order valence-electron chi connectivity index (χ3n) is 2.66. The van der Waals surface area contributed by atoms with Crippen molar-refractivity contribution in [1.29, 1.82) is 0 Å². The second-order valence-electron chi connectivity index (χ2n) is 4.13. The molecule has 2 saturated heterocycles. The highest BCUT2D eigenvalue weighted by atomic mass is 19.3. The molecule has 0 spiro atoms. The average molecular weight is 364 g/mol. The zero-order valence-electron chi connectivity index (χ0n) is 10.1. The quantitative estimate of drug-likeness (QED) is 0.700. The zero-order valence-corrected chi connectivity index (χ0v) is 10.1. The van der Waals surface area contributed by atoms with Crippen molar-refractivity contribution in [3.63, 3.8) is 0 Å². The topological polar surface area (TPSA) is 36.9 Å². The number of rotatable bonds is 2. The lowest BCUT2D eigenvalue weighted by atomic mass is 10.00. The molecule has 2 fully saturated rings. The fourth-order valence-electron chi connectivity index (χ4n) is 1.61. The normalized spacial score (nSPS) is 35.2. The second kappa shape index (κ2) is 4.29. The lowest BCUT2D eigenvalue weighted by Crippen LogP contribution is -2.69. The van der Waals surface area contributed by atoms with E-state index >= 15 is 0 Å². The van der Waals surface area contributed by atoms with E-state index in [1.165, 1.54) is 0 Å². The summed E-state index contributed by atoms with van der Waals surface area (Å²) in [5.41, 5.74) is 0. The van der Waals surface area contributed by atoms with Crippen LogP contribution in [-0.4, -0.2) is 29.8 Å². The molecule has 0 saturated carbocycles. The standard InChI is InChI=1S/C9H2F10O4/c1-2-20-6(14,8(16,17)21-2)5(12,13)7(15)9(18,19)23-4(22-7)3(10)11/h1H2. The molecule has 2 rings (SSSR count). The van der Waals surface area contributed by atoms with Crippen LogP contribution >= 0.6 is 0 Å². The molecule has 2 unspecified atom stereocenters. The van der Waals surface area contributed by atoms with Crippen molar-refractivity contribution in [2.24, 2.45) is 0 Å². The average Bonchev–Trinajstić information content (AvgIpc) is 2.72. The van der Waals surface area contributed by atoms with Gasteiger partial charge in [-0.15, -0.1) is 0 Å². The minimum absolute atomic E-state index is 1.81. The monoisotopic (exact) mass is 364 g/mol. The molecule has 0 aromatic carbocycles. The van der Waals surface area contributed by atoms with E-state index in [0.29, 0.717) is 0 Å². The molecule has 0 aromatic heterocycles. The van der Waals surface area contributed by atoms with Crippen LogP contribution in [0.4, 0.5) is 43.9 Å². The lowest BCUT2D eigenvalue weighted by Gasteiger charge is -2.36. The summed E-state index contributed by atoms with van der Waals surface area (Å²) < 4.78 is 144. The van der Waals surface area contributed by atoms with E-state index in [1.54, 1.807) is 0 Å². The van der Waals surface area contributed by atoms with Crippen LogP contribution in [0.2, 0.25) is 0 Å². The third kappa shape index (κ3) is 1.92. The van der Waals surface area contributed by atoms with Gasteiger partial charge in [0.05, 0.1) is 0 Å². The summed E-state index contributed by atoms with van der Waals surface area (Å²) in [5.74, 6) is -23.2. The van der Waals surface area contributed by atoms with Gasteiger partial charge in [0, 0.05) is 0 Å². The van der Waals surface area contributed by atoms with E-state index in [0.717, 1.165) is 0 Å². The zero-order chi connectivity index (χ0) is 18.1. The number of halogens is 10. The second-order valence-corrected chi connectivity index (χ2v) is 4.13. The van der Waals surface area contributed by atoms with Crippen molar-refractivity contribution in [1.82, 2.24) is 0 Å². The maximum Gasteiger partial charge on any atom is 0.480 e. The Balaban J connectivity index is 2.59. The molecule has 0 radical (unpaired) electrons. The molecule has 4 nitrogen and oxygen atoms in total. The summed E-state index contributed by atoms with van der Waals surface area (Å²) in [6, 6.07) is 0. The van der Waals surface area contributed by atoms with Crippen LogP contribution in [-0.2, 0) is 18.9 Å². The predicted molar refractivity (Wildman–Crippen MR) is 45.2 cm³/mol. The summed E-state index contributed by atoms with van der Waals surface area (Å²) >= 11 is 0. The summed E-state index contributed by atoms with van der Waals surface area (Å²) in [6.45, 7) is 2.38. The molecule has 23 heavy (non-hydrogen) atoms. The van der Waals surface area contributed by atoms with Crippen molar-refractivity contribution in [3.05, 3.63) is 24.6 Å². The Kier molecular flexibility index (Phi) is 3.23. The van der Waals surface area contributed by atoms with E-state index < -0.39 is 47.8 Å². The predicted octanol–water partition coefficient (Wildman–Crippen LogP) is 3.77. The van der Waals surface area contributed by atoms with Gasteiger partial charge in [0.15, 0.2) is 0 Å². The smallest absolute Gasteiger partial charge is 0.414 e. The van der Waals surface area contributed by atoms with Crippen molar-refractivity contribution in [2.45, 2.75) is 29.8 Å². The van der Waals surface area contributed by atoms with Crippen molar-refractivity contribution < 1.29 is 62.9 Å². The van der Waals surface area contributed by atoms with Gasteiger partial charge < -0.3 is 18.9 Å². The Morgan fingerprint density at radius 2 is 1.22 bits per heavy atom. The maximum atomic E-state index is 13.9. The molecule has 2 aliphatic rings. The molecule has 0 N–H and O–H groups in total. The fourth-order valence-corrected chi connectivity index (χ4v) is 1.61. The van der Waals surface area contributed by atoms with Crippen LogP contribution in [0.15, 0.2) is 24.6 Å². The molecule has 14 heteroatoms. The van der Waals surface area contributed by atoms with Crippen LogP contribution in [0, 0.1) is 0 Å². The van der Waals surface area contributed by atoms with E-state index in [2.05, 4.69) is 25.5 Å². The van der Waals surface area contributed by atoms with Crippen molar-refractivity contribution in [3.8, 4) is 0 Å². The van der Waals surface area contributed by atoms with E-state index in [1.807, 2.05) is 0 Å². The van der Waals surface area contributed by atoms with E-state index in [4.69, 9.17) is 0 Å². The number of ether oxygens (including phenoxy) is 4. The van der Waals surface area contributed by atoms with Gasteiger partial charge in [-0.2, -0.15) is 43.9 Å².